The minimum atomic E-state index is -0.533. The van der Waals surface area contributed by atoms with E-state index in [1.165, 1.54) is 12.1 Å². The van der Waals surface area contributed by atoms with Crippen molar-refractivity contribution in [2.45, 2.75) is 0 Å². The molecule has 0 aliphatic carbocycles. The topological polar surface area (TPSA) is 37.4 Å². The van der Waals surface area contributed by atoms with Crippen LogP contribution < -0.4 is 4.90 Å². The number of anilines is 1. The number of fused-ring (bicyclic) bond motifs is 1. The summed E-state index contributed by atoms with van der Waals surface area (Å²) in [6.45, 7) is 0. The largest absolute Gasteiger partial charge is 0.268 e. The lowest BCUT2D eigenvalue weighted by Crippen LogP contribution is -2.29. The molecule has 0 aromatic heterocycles. The van der Waals surface area contributed by atoms with Crippen LogP contribution in [0.2, 0.25) is 0 Å². The van der Waals surface area contributed by atoms with Crippen molar-refractivity contribution >= 4 is 33.4 Å². The van der Waals surface area contributed by atoms with Gasteiger partial charge in [-0.25, -0.2) is 9.29 Å². The fourth-order valence-corrected chi connectivity index (χ4v) is 2.53. The molecule has 0 radical (unpaired) electrons. The molecule has 2 aromatic carbocycles. The number of halogens is 2. The van der Waals surface area contributed by atoms with Gasteiger partial charge in [0.25, 0.3) is 11.8 Å². The summed E-state index contributed by atoms with van der Waals surface area (Å²) in [5, 5.41) is 0. The number of carbonyl (C=O) groups excluding carboxylic acids is 2. The molecule has 1 heterocycles. The molecular formula is C14H7BrFNO2. The molecule has 0 atom stereocenters. The van der Waals surface area contributed by atoms with Crippen molar-refractivity contribution in [1.29, 1.82) is 0 Å². The van der Waals surface area contributed by atoms with Gasteiger partial charge in [-0.05, 0) is 46.3 Å². The molecule has 0 saturated carbocycles. The summed E-state index contributed by atoms with van der Waals surface area (Å²) in [5.74, 6) is -1.48. The van der Waals surface area contributed by atoms with Crippen LogP contribution in [0.1, 0.15) is 20.7 Å². The molecule has 2 amide bonds. The number of imide groups is 1. The summed E-state index contributed by atoms with van der Waals surface area (Å²) >= 11 is 3.30. The number of amides is 2. The Bertz CT molecular complexity index is 714. The van der Waals surface area contributed by atoms with E-state index in [-0.39, 0.29) is 11.1 Å². The lowest BCUT2D eigenvalue weighted by Gasteiger charge is -2.15. The van der Waals surface area contributed by atoms with Crippen LogP contribution in [0.4, 0.5) is 10.1 Å². The Morgan fingerprint density at radius 2 is 1.63 bits per heavy atom. The van der Waals surface area contributed by atoms with Gasteiger partial charge in [0.2, 0.25) is 0 Å². The van der Waals surface area contributed by atoms with Crippen molar-refractivity contribution < 1.29 is 14.0 Å². The van der Waals surface area contributed by atoms with Gasteiger partial charge in [-0.3, -0.25) is 9.59 Å². The van der Waals surface area contributed by atoms with E-state index in [0.717, 1.165) is 11.0 Å². The Morgan fingerprint density at radius 1 is 0.947 bits per heavy atom. The average molecular weight is 320 g/mol. The molecular weight excluding hydrogens is 313 g/mol. The van der Waals surface area contributed by atoms with Gasteiger partial charge in [-0.15, -0.1) is 0 Å². The van der Waals surface area contributed by atoms with E-state index in [9.17, 15) is 14.0 Å². The van der Waals surface area contributed by atoms with Crippen LogP contribution in [0, 0.1) is 5.82 Å². The number of carbonyl (C=O) groups is 2. The second-order valence-electron chi connectivity index (χ2n) is 4.09. The molecule has 3 nitrogen and oxygen atoms in total. The maximum atomic E-state index is 13.2. The standard InChI is InChI=1S/C14H7BrFNO2/c15-11-3-1-2-4-12(11)17-13(18)9-6-5-8(16)7-10(9)14(17)19/h1-7H. The molecule has 0 N–H and O–H groups in total. The van der Waals surface area contributed by atoms with Gasteiger partial charge in [-0.1, -0.05) is 12.1 Å². The number of hydrogen-bond donors (Lipinski definition) is 0. The van der Waals surface area contributed by atoms with Crippen molar-refractivity contribution in [1.82, 2.24) is 0 Å². The number of para-hydroxylation sites is 1. The molecule has 0 bridgehead atoms. The third-order valence-corrected chi connectivity index (χ3v) is 3.61. The van der Waals surface area contributed by atoms with E-state index in [2.05, 4.69) is 15.9 Å². The van der Waals surface area contributed by atoms with E-state index in [0.29, 0.717) is 10.2 Å². The van der Waals surface area contributed by atoms with Crippen LogP contribution in [-0.4, -0.2) is 11.8 Å². The highest BCUT2D eigenvalue weighted by atomic mass is 79.9. The maximum absolute atomic E-state index is 13.2. The zero-order chi connectivity index (χ0) is 13.6. The van der Waals surface area contributed by atoms with Crippen molar-refractivity contribution in [3.8, 4) is 0 Å². The quantitative estimate of drug-likeness (QED) is 0.755. The highest BCUT2D eigenvalue weighted by Gasteiger charge is 2.37. The van der Waals surface area contributed by atoms with Crippen LogP contribution in [0.15, 0.2) is 46.9 Å². The van der Waals surface area contributed by atoms with Crippen molar-refractivity contribution in [3.63, 3.8) is 0 Å². The zero-order valence-electron chi connectivity index (χ0n) is 9.56. The minimum Gasteiger partial charge on any atom is -0.268 e. The van der Waals surface area contributed by atoms with E-state index < -0.39 is 17.6 Å². The minimum absolute atomic E-state index is 0.0979. The summed E-state index contributed by atoms with van der Waals surface area (Å²) in [5.41, 5.74) is 0.775. The first-order valence-corrected chi connectivity index (χ1v) is 6.32. The Morgan fingerprint density at radius 3 is 2.37 bits per heavy atom. The average Bonchev–Trinajstić information content (AvgIpc) is 2.63. The van der Waals surface area contributed by atoms with Crippen LogP contribution in [-0.2, 0) is 0 Å². The predicted molar refractivity (Wildman–Crippen MR) is 71.7 cm³/mol. The lowest BCUT2D eigenvalue weighted by molar-refractivity contribution is 0.0926. The van der Waals surface area contributed by atoms with Gasteiger partial charge in [0.15, 0.2) is 0 Å². The summed E-state index contributed by atoms with van der Waals surface area (Å²) in [6.07, 6.45) is 0. The Hall–Kier alpha value is -2.01. The second kappa shape index (κ2) is 4.28. The molecule has 5 heteroatoms. The highest BCUT2D eigenvalue weighted by molar-refractivity contribution is 9.10. The Balaban J connectivity index is 2.16. The summed E-state index contributed by atoms with van der Waals surface area (Å²) in [4.78, 5) is 25.5. The predicted octanol–water partition coefficient (Wildman–Crippen LogP) is 3.39. The third kappa shape index (κ3) is 1.77. The van der Waals surface area contributed by atoms with Gasteiger partial charge in [0.1, 0.15) is 5.82 Å². The number of benzene rings is 2. The first-order valence-electron chi connectivity index (χ1n) is 5.52. The van der Waals surface area contributed by atoms with Gasteiger partial charge < -0.3 is 0 Å². The van der Waals surface area contributed by atoms with Gasteiger partial charge in [-0.2, -0.15) is 0 Å². The third-order valence-electron chi connectivity index (χ3n) is 2.94. The van der Waals surface area contributed by atoms with Crippen LogP contribution >= 0.6 is 15.9 Å². The molecule has 2 aromatic rings. The molecule has 0 unspecified atom stereocenters. The second-order valence-corrected chi connectivity index (χ2v) is 4.94. The molecule has 94 valence electrons. The summed E-state index contributed by atoms with van der Waals surface area (Å²) in [6, 6.07) is 10.5. The molecule has 3 rings (SSSR count). The first-order chi connectivity index (χ1) is 9.09. The summed E-state index contributed by atoms with van der Waals surface area (Å²) < 4.78 is 13.8. The van der Waals surface area contributed by atoms with E-state index in [1.54, 1.807) is 24.3 Å². The van der Waals surface area contributed by atoms with Crippen molar-refractivity contribution in [2.24, 2.45) is 0 Å². The van der Waals surface area contributed by atoms with Gasteiger partial charge >= 0.3 is 0 Å². The fourth-order valence-electron chi connectivity index (χ4n) is 2.06. The smallest absolute Gasteiger partial charge is 0.266 e. The molecule has 0 fully saturated rings. The number of hydrogen-bond acceptors (Lipinski definition) is 2. The maximum Gasteiger partial charge on any atom is 0.266 e. The molecule has 0 spiro atoms. The van der Waals surface area contributed by atoms with Crippen molar-refractivity contribution in [3.05, 3.63) is 63.9 Å². The van der Waals surface area contributed by atoms with Gasteiger partial charge in [0.05, 0.1) is 16.8 Å². The van der Waals surface area contributed by atoms with Crippen LogP contribution in [0.25, 0.3) is 0 Å². The number of nitrogens with zero attached hydrogens (tertiary/aromatic N) is 1. The van der Waals surface area contributed by atoms with E-state index in [1.807, 2.05) is 0 Å². The zero-order valence-corrected chi connectivity index (χ0v) is 11.1. The van der Waals surface area contributed by atoms with E-state index in [4.69, 9.17) is 0 Å². The fraction of sp³-hybridized carbons (Fsp3) is 0. The SMILES string of the molecule is O=C1c2ccc(F)cc2C(=O)N1c1ccccc1Br. The molecule has 0 saturated heterocycles. The van der Waals surface area contributed by atoms with Crippen molar-refractivity contribution in [2.75, 3.05) is 4.90 Å². The normalized spacial score (nSPS) is 13.9. The Labute approximate surface area is 116 Å². The summed E-state index contributed by atoms with van der Waals surface area (Å²) in [7, 11) is 0. The van der Waals surface area contributed by atoms with Gasteiger partial charge in [0, 0.05) is 4.47 Å². The molecule has 1 aliphatic heterocycles. The van der Waals surface area contributed by atoms with E-state index >= 15 is 0 Å². The molecule has 1 aliphatic rings. The monoisotopic (exact) mass is 319 g/mol. The lowest BCUT2D eigenvalue weighted by atomic mass is 10.1. The van der Waals surface area contributed by atoms with Crippen LogP contribution in [0.3, 0.4) is 0 Å². The van der Waals surface area contributed by atoms with Crippen LogP contribution in [0.5, 0.6) is 0 Å². The molecule has 19 heavy (non-hydrogen) atoms. The number of rotatable bonds is 1. The Kier molecular flexibility index (Phi) is 2.71. The highest BCUT2D eigenvalue weighted by Crippen LogP contribution is 2.33. The first kappa shape index (κ1) is 12.0.